The van der Waals surface area contributed by atoms with Crippen molar-refractivity contribution in [1.82, 2.24) is 4.90 Å². The summed E-state index contributed by atoms with van der Waals surface area (Å²) in [5.41, 5.74) is 5.93. The minimum absolute atomic E-state index is 0.00586. The van der Waals surface area contributed by atoms with Crippen molar-refractivity contribution in [2.75, 3.05) is 24.1 Å². The molecule has 0 aromatic heterocycles. The molecule has 0 aliphatic heterocycles. The predicted octanol–water partition coefficient (Wildman–Crippen LogP) is 1.72. The van der Waals surface area contributed by atoms with Crippen LogP contribution in [0.15, 0.2) is 18.2 Å². The second-order valence-corrected chi connectivity index (χ2v) is 4.89. The Morgan fingerprint density at radius 1 is 1.55 bits per heavy atom. The number of hydrogen-bond donors (Lipinski definition) is 2. The van der Waals surface area contributed by atoms with Gasteiger partial charge in [-0.25, -0.2) is 4.39 Å². The number of halogens is 1. The predicted molar refractivity (Wildman–Crippen MR) is 74.3 cm³/mol. The van der Waals surface area contributed by atoms with E-state index in [4.69, 9.17) is 11.0 Å². The van der Waals surface area contributed by atoms with Crippen LogP contribution in [0, 0.1) is 17.1 Å². The van der Waals surface area contributed by atoms with E-state index in [-0.39, 0.29) is 18.1 Å². The highest BCUT2D eigenvalue weighted by Gasteiger charge is 2.29. The van der Waals surface area contributed by atoms with Crippen molar-refractivity contribution < 1.29 is 9.18 Å². The van der Waals surface area contributed by atoms with Crippen LogP contribution in [0.5, 0.6) is 0 Å². The molecule has 5 nitrogen and oxygen atoms in total. The minimum atomic E-state index is -0.503. The van der Waals surface area contributed by atoms with Gasteiger partial charge in [-0.15, -0.1) is 0 Å². The van der Waals surface area contributed by atoms with Crippen molar-refractivity contribution in [3.05, 3.63) is 24.0 Å². The average molecular weight is 276 g/mol. The van der Waals surface area contributed by atoms with Gasteiger partial charge in [-0.05, 0) is 31.0 Å². The molecule has 1 saturated carbocycles. The highest BCUT2D eigenvalue weighted by atomic mass is 19.1. The van der Waals surface area contributed by atoms with Gasteiger partial charge in [0.15, 0.2) is 0 Å². The fraction of sp³-hybridized carbons (Fsp3) is 0.429. The summed E-state index contributed by atoms with van der Waals surface area (Å²) < 4.78 is 13.0. The summed E-state index contributed by atoms with van der Waals surface area (Å²) >= 11 is 0. The third-order valence-electron chi connectivity index (χ3n) is 3.20. The molecular weight excluding hydrogens is 259 g/mol. The highest BCUT2D eigenvalue weighted by molar-refractivity contribution is 5.92. The van der Waals surface area contributed by atoms with Gasteiger partial charge in [0.2, 0.25) is 5.91 Å². The number of nitrogens with one attached hydrogen (secondary N) is 1. The number of hydrogen-bond acceptors (Lipinski definition) is 4. The van der Waals surface area contributed by atoms with Crippen molar-refractivity contribution in [3.8, 4) is 6.07 Å². The molecule has 1 aliphatic carbocycles. The average Bonchev–Trinajstić information content (AvgIpc) is 3.23. The monoisotopic (exact) mass is 276 g/mol. The molecule has 0 bridgehead atoms. The third-order valence-corrected chi connectivity index (χ3v) is 3.20. The van der Waals surface area contributed by atoms with Gasteiger partial charge >= 0.3 is 0 Å². The van der Waals surface area contributed by atoms with Gasteiger partial charge in [-0.3, -0.25) is 9.69 Å². The van der Waals surface area contributed by atoms with E-state index in [2.05, 4.69) is 11.4 Å². The van der Waals surface area contributed by atoms with Crippen LogP contribution in [-0.4, -0.2) is 29.9 Å². The van der Waals surface area contributed by atoms with Crippen LogP contribution < -0.4 is 11.1 Å². The molecule has 1 aliphatic rings. The van der Waals surface area contributed by atoms with Crippen molar-refractivity contribution in [2.24, 2.45) is 0 Å². The molecule has 0 saturated heterocycles. The largest absolute Gasteiger partial charge is 0.396 e. The van der Waals surface area contributed by atoms with E-state index in [1.165, 1.54) is 18.2 Å². The lowest BCUT2D eigenvalue weighted by atomic mass is 10.2. The van der Waals surface area contributed by atoms with E-state index in [0.717, 1.165) is 12.8 Å². The lowest BCUT2D eigenvalue weighted by Gasteiger charge is -2.19. The maximum Gasteiger partial charge on any atom is 0.238 e. The van der Waals surface area contributed by atoms with Crippen LogP contribution in [0.25, 0.3) is 0 Å². The molecule has 1 fully saturated rings. The third kappa shape index (κ3) is 3.93. The summed E-state index contributed by atoms with van der Waals surface area (Å²) in [4.78, 5) is 13.9. The fourth-order valence-corrected chi connectivity index (χ4v) is 2.03. The molecule has 0 radical (unpaired) electrons. The lowest BCUT2D eigenvalue weighted by molar-refractivity contribution is -0.117. The van der Waals surface area contributed by atoms with E-state index in [0.29, 0.717) is 24.7 Å². The minimum Gasteiger partial charge on any atom is -0.396 e. The Morgan fingerprint density at radius 2 is 2.30 bits per heavy atom. The molecule has 2 rings (SSSR count). The summed E-state index contributed by atoms with van der Waals surface area (Å²) in [7, 11) is 0. The molecule has 0 spiro atoms. The maximum absolute atomic E-state index is 13.0. The normalized spacial score (nSPS) is 14.1. The standard InChI is InChI=1S/C14H17FN4O/c15-12-5-2-10(8-13(12)17)18-14(20)9-19(7-1-6-16)11-3-4-11/h2,5,8,11H,1,3-4,7,9,17H2,(H,18,20). The Balaban J connectivity index is 1.90. The lowest BCUT2D eigenvalue weighted by Crippen LogP contribution is -2.35. The molecule has 1 aromatic carbocycles. The van der Waals surface area contributed by atoms with Gasteiger partial charge < -0.3 is 11.1 Å². The summed E-state index contributed by atoms with van der Waals surface area (Å²) in [5, 5.41) is 11.3. The number of nitrogens with zero attached hydrogens (tertiary/aromatic N) is 2. The number of carbonyl (C=O) groups is 1. The molecule has 106 valence electrons. The molecule has 0 unspecified atom stereocenters. The SMILES string of the molecule is N#CCCN(CC(=O)Nc1ccc(F)c(N)c1)C1CC1. The van der Waals surface area contributed by atoms with Crippen LogP contribution in [0.3, 0.4) is 0 Å². The van der Waals surface area contributed by atoms with E-state index >= 15 is 0 Å². The molecule has 0 heterocycles. The topological polar surface area (TPSA) is 82.2 Å². The van der Waals surface area contributed by atoms with Crippen LogP contribution in [0.1, 0.15) is 19.3 Å². The molecule has 6 heteroatoms. The van der Waals surface area contributed by atoms with E-state index in [1.807, 2.05) is 4.90 Å². The Hall–Kier alpha value is -2.13. The quantitative estimate of drug-likeness (QED) is 0.775. The van der Waals surface area contributed by atoms with E-state index in [1.54, 1.807) is 0 Å². The number of nitrogen functional groups attached to an aromatic ring is 1. The number of benzene rings is 1. The van der Waals surface area contributed by atoms with Crippen LogP contribution in [-0.2, 0) is 4.79 Å². The second-order valence-electron chi connectivity index (χ2n) is 4.89. The number of anilines is 2. The van der Waals surface area contributed by atoms with Gasteiger partial charge in [0.1, 0.15) is 5.82 Å². The zero-order valence-corrected chi connectivity index (χ0v) is 11.1. The zero-order chi connectivity index (χ0) is 14.5. The molecular formula is C14H17FN4O. The van der Waals surface area contributed by atoms with Crippen LogP contribution in [0.4, 0.5) is 15.8 Å². The summed E-state index contributed by atoms with van der Waals surface area (Å²) in [5.74, 6) is -0.683. The molecule has 20 heavy (non-hydrogen) atoms. The van der Waals surface area contributed by atoms with Crippen LogP contribution in [0.2, 0.25) is 0 Å². The first-order chi connectivity index (χ1) is 9.60. The summed E-state index contributed by atoms with van der Waals surface area (Å²) in [6.45, 7) is 0.837. The van der Waals surface area contributed by atoms with Gasteiger partial charge in [-0.2, -0.15) is 5.26 Å². The maximum atomic E-state index is 13.0. The highest BCUT2D eigenvalue weighted by Crippen LogP contribution is 2.26. The number of nitriles is 1. The fourth-order valence-electron chi connectivity index (χ4n) is 2.03. The van der Waals surface area contributed by atoms with Crippen molar-refractivity contribution in [1.29, 1.82) is 5.26 Å². The van der Waals surface area contributed by atoms with Gasteiger partial charge in [0.25, 0.3) is 0 Å². The number of nitrogens with two attached hydrogens (primary N) is 1. The number of rotatable bonds is 6. The Bertz CT molecular complexity index is 536. The van der Waals surface area contributed by atoms with Gasteiger partial charge in [0, 0.05) is 24.7 Å². The second kappa shape index (κ2) is 6.35. The van der Waals surface area contributed by atoms with Crippen molar-refractivity contribution in [3.63, 3.8) is 0 Å². The van der Waals surface area contributed by atoms with Crippen molar-refractivity contribution >= 4 is 17.3 Å². The molecule has 3 N–H and O–H groups in total. The smallest absolute Gasteiger partial charge is 0.238 e. The molecule has 1 aromatic rings. The molecule has 0 atom stereocenters. The first-order valence-corrected chi connectivity index (χ1v) is 6.56. The van der Waals surface area contributed by atoms with Gasteiger partial charge in [0.05, 0.1) is 18.3 Å². The number of amides is 1. The zero-order valence-electron chi connectivity index (χ0n) is 11.1. The number of carbonyl (C=O) groups excluding carboxylic acids is 1. The Kier molecular flexibility index (Phi) is 4.53. The Morgan fingerprint density at radius 3 is 2.90 bits per heavy atom. The van der Waals surface area contributed by atoms with Crippen molar-refractivity contribution in [2.45, 2.75) is 25.3 Å². The van der Waals surface area contributed by atoms with E-state index in [9.17, 15) is 9.18 Å². The van der Waals surface area contributed by atoms with Crippen LogP contribution >= 0.6 is 0 Å². The first-order valence-electron chi connectivity index (χ1n) is 6.56. The summed E-state index contributed by atoms with van der Waals surface area (Å²) in [6.07, 6.45) is 2.55. The van der Waals surface area contributed by atoms with E-state index < -0.39 is 5.82 Å². The first kappa shape index (κ1) is 14.3. The van der Waals surface area contributed by atoms with Gasteiger partial charge in [-0.1, -0.05) is 0 Å². The Labute approximate surface area is 117 Å². The summed E-state index contributed by atoms with van der Waals surface area (Å²) in [6, 6.07) is 6.58. The molecule has 1 amide bonds.